The number of nitrogens with one attached hydrogen (secondary N) is 1. The molecule has 36 heavy (non-hydrogen) atoms. The van der Waals surface area contributed by atoms with Gasteiger partial charge in [-0.3, -0.25) is 19.3 Å². The van der Waals surface area contributed by atoms with E-state index in [-0.39, 0.29) is 5.91 Å². The van der Waals surface area contributed by atoms with Crippen LogP contribution in [0.3, 0.4) is 0 Å². The smallest absolute Gasteiger partial charge is 0.262 e. The van der Waals surface area contributed by atoms with Gasteiger partial charge in [0.2, 0.25) is 11.9 Å². The van der Waals surface area contributed by atoms with Crippen LogP contribution < -0.4 is 10.2 Å². The highest BCUT2D eigenvalue weighted by Gasteiger charge is 2.42. The topological polar surface area (TPSA) is 98.7 Å². The zero-order chi connectivity index (χ0) is 25.4. The Morgan fingerprint density at radius 2 is 1.50 bits per heavy atom. The molecule has 0 bridgehead atoms. The van der Waals surface area contributed by atoms with Gasteiger partial charge in [0.25, 0.3) is 11.8 Å². The van der Waals surface area contributed by atoms with E-state index in [1.165, 1.54) is 5.56 Å². The molecule has 1 N–H and O–H groups in total. The highest BCUT2D eigenvalue weighted by atomic mass is 16.2. The average Bonchev–Trinajstić information content (AvgIpc) is 3.14. The number of carbonyl (C=O) groups is 3. The van der Waals surface area contributed by atoms with E-state index >= 15 is 0 Å². The van der Waals surface area contributed by atoms with Crippen LogP contribution >= 0.6 is 0 Å². The predicted octanol–water partition coefficient (Wildman–Crippen LogP) is 3.17. The Morgan fingerprint density at radius 1 is 0.889 bits per heavy atom. The van der Waals surface area contributed by atoms with Crippen molar-refractivity contribution in [1.29, 1.82) is 0 Å². The first-order valence-corrected chi connectivity index (χ1v) is 12.0. The van der Waals surface area contributed by atoms with Gasteiger partial charge >= 0.3 is 0 Å². The maximum atomic E-state index is 13.2. The second-order valence-corrected chi connectivity index (χ2v) is 9.20. The minimum absolute atomic E-state index is 0.240. The molecule has 3 aromatic rings. The molecule has 0 radical (unpaired) electrons. The SMILES string of the molecule is Cc1ccc(Nc2cc(C)nc(N3CCN(C(=O)C(C)N4C(=O)c5ccccc5C4=O)CC3)n2)cc1. The molecule has 1 atom stereocenters. The third kappa shape index (κ3) is 4.39. The van der Waals surface area contributed by atoms with Crippen molar-refractivity contribution < 1.29 is 14.4 Å². The average molecular weight is 485 g/mol. The summed E-state index contributed by atoms with van der Waals surface area (Å²) in [7, 11) is 0. The van der Waals surface area contributed by atoms with E-state index in [1.54, 1.807) is 36.1 Å². The summed E-state index contributed by atoms with van der Waals surface area (Å²) in [5.41, 5.74) is 3.66. The van der Waals surface area contributed by atoms with Crippen LogP contribution in [0.25, 0.3) is 0 Å². The monoisotopic (exact) mass is 484 g/mol. The molecule has 5 rings (SSSR count). The van der Waals surface area contributed by atoms with Crippen LogP contribution in [0, 0.1) is 13.8 Å². The number of carbonyl (C=O) groups excluding carboxylic acids is 3. The van der Waals surface area contributed by atoms with Gasteiger partial charge in [-0.2, -0.15) is 4.98 Å². The van der Waals surface area contributed by atoms with Crippen LogP contribution in [-0.2, 0) is 4.79 Å². The molecular formula is C27H28N6O3. The first-order chi connectivity index (χ1) is 17.3. The van der Waals surface area contributed by atoms with Gasteiger partial charge in [-0.1, -0.05) is 29.8 Å². The second kappa shape index (κ2) is 9.41. The van der Waals surface area contributed by atoms with E-state index in [0.29, 0.717) is 49.1 Å². The van der Waals surface area contributed by atoms with Gasteiger partial charge in [0.15, 0.2) is 0 Å². The summed E-state index contributed by atoms with van der Waals surface area (Å²) in [6.07, 6.45) is 0. The van der Waals surface area contributed by atoms with Crippen LogP contribution in [0.5, 0.6) is 0 Å². The van der Waals surface area contributed by atoms with E-state index in [2.05, 4.69) is 15.3 Å². The second-order valence-electron chi connectivity index (χ2n) is 9.20. The Balaban J connectivity index is 1.24. The quantitative estimate of drug-likeness (QED) is 0.556. The van der Waals surface area contributed by atoms with Crippen molar-refractivity contribution in [2.24, 2.45) is 0 Å². The normalized spacial score (nSPS) is 16.2. The largest absolute Gasteiger partial charge is 0.340 e. The number of nitrogens with zero attached hydrogens (tertiary/aromatic N) is 5. The van der Waals surface area contributed by atoms with Crippen LogP contribution in [0.15, 0.2) is 54.6 Å². The van der Waals surface area contributed by atoms with Crippen molar-refractivity contribution in [2.45, 2.75) is 26.8 Å². The number of hydrogen-bond acceptors (Lipinski definition) is 7. The van der Waals surface area contributed by atoms with Crippen molar-refractivity contribution >= 4 is 35.2 Å². The Bertz CT molecular complexity index is 1300. The molecule has 0 saturated carbocycles. The Hall–Kier alpha value is -4.27. The Labute approximate surface area is 209 Å². The molecular weight excluding hydrogens is 456 g/mol. The van der Waals surface area contributed by atoms with E-state index in [1.807, 2.05) is 49.1 Å². The Morgan fingerprint density at radius 3 is 2.11 bits per heavy atom. The fourth-order valence-electron chi connectivity index (χ4n) is 4.60. The molecule has 2 aliphatic heterocycles. The number of benzene rings is 2. The first-order valence-electron chi connectivity index (χ1n) is 12.0. The summed E-state index contributed by atoms with van der Waals surface area (Å²) in [6, 6.07) is 15.8. The van der Waals surface area contributed by atoms with Crippen LogP contribution in [-0.4, -0.2) is 69.7 Å². The minimum atomic E-state index is -0.871. The van der Waals surface area contributed by atoms with E-state index in [9.17, 15) is 14.4 Å². The molecule has 1 aromatic heterocycles. The third-order valence-corrected chi connectivity index (χ3v) is 6.61. The van der Waals surface area contributed by atoms with Gasteiger partial charge in [0.1, 0.15) is 11.9 Å². The number of aromatic nitrogens is 2. The van der Waals surface area contributed by atoms with Gasteiger partial charge in [-0.15, -0.1) is 0 Å². The molecule has 3 amide bonds. The lowest BCUT2D eigenvalue weighted by Crippen LogP contribution is -2.55. The number of aryl methyl sites for hydroxylation is 2. The van der Waals surface area contributed by atoms with Crippen molar-refractivity contribution in [3.05, 3.63) is 77.0 Å². The molecule has 2 aromatic carbocycles. The third-order valence-electron chi connectivity index (χ3n) is 6.61. The van der Waals surface area contributed by atoms with E-state index in [4.69, 9.17) is 0 Å². The molecule has 1 saturated heterocycles. The fraction of sp³-hybridized carbons (Fsp3) is 0.296. The van der Waals surface area contributed by atoms with Crippen LogP contribution in [0.1, 0.15) is 38.9 Å². The number of fused-ring (bicyclic) bond motifs is 1. The molecule has 1 unspecified atom stereocenters. The summed E-state index contributed by atoms with van der Waals surface area (Å²) >= 11 is 0. The molecule has 9 nitrogen and oxygen atoms in total. The summed E-state index contributed by atoms with van der Waals surface area (Å²) in [6.45, 7) is 7.58. The van der Waals surface area contributed by atoms with Crippen LogP contribution in [0.4, 0.5) is 17.5 Å². The number of piperazine rings is 1. The highest BCUT2D eigenvalue weighted by molar-refractivity contribution is 6.22. The maximum Gasteiger partial charge on any atom is 0.262 e. The van der Waals surface area contributed by atoms with Crippen molar-refractivity contribution in [1.82, 2.24) is 19.8 Å². The van der Waals surface area contributed by atoms with Gasteiger partial charge in [-0.25, -0.2) is 4.98 Å². The maximum absolute atomic E-state index is 13.2. The van der Waals surface area contributed by atoms with Crippen molar-refractivity contribution in [3.63, 3.8) is 0 Å². The lowest BCUT2D eigenvalue weighted by atomic mass is 10.1. The van der Waals surface area contributed by atoms with Gasteiger partial charge in [0.05, 0.1) is 11.1 Å². The predicted molar refractivity (Wildman–Crippen MR) is 136 cm³/mol. The molecule has 184 valence electrons. The van der Waals surface area contributed by atoms with E-state index in [0.717, 1.165) is 16.3 Å². The first kappa shape index (κ1) is 23.5. The number of imide groups is 1. The summed E-state index contributed by atoms with van der Waals surface area (Å²) in [5, 5.41) is 3.33. The summed E-state index contributed by atoms with van der Waals surface area (Å²) < 4.78 is 0. The molecule has 0 spiro atoms. The summed E-state index contributed by atoms with van der Waals surface area (Å²) in [5.74, 6) is 0.231. The molecule has 9 heteroatoms. The number of amides is 3. The van der Waals surface area contributed by atoms with Crippen molar-refractivity contribution in [3.8, 4) is 0 Å². The number of hydrogen-bond donors (Lipinski definition) is 1. The molecule has 0 aliphatic carbocycles. The van der Waals surface area contributed by atoms with Gasteiger partial charge in [-0.05, 0) is 45.0 Å². The summed E-state index contributed by atoms with van der Waals surface area (Å²) in [4.78, 5) is 52.9. The molecule has 1 fully saturated rings. The van der Waals surface area contributed by atoms with E-state index < -0.39 is 17.9 Å². The molecule has 3 heterocycles. The minimum Gasteiger partial charge on any atom is -0.340 e. The zero-order valence-corrected chi connectivity index (χ0v) is 20.6. The highest BCUT2D eigenvalue weighted by Crippen LogP contribution is 2.26. The standard InChI is InChI=1S/C27H28N6O3/c1-17-8-10-20(11-9-17)29-23-16-18(2)28-27(30-23)32-14-12-31(13-15-32)24(34)19(3)33-25(35)21-6-4-5-7-22(21)26(33)36/h4-11,16,19H,12-15H2,1-3H3,(H,28,29,30). The van der Waals surface area contributed by atoms with Gasteiger partial charge in [0, 0.05) is 43.6 Å². The number of anilines is 3. The lowest BCUT2D eigenvalue weighted by Gasteiger charge is -2.37. The lowest BCUT2D eigenvalue weighted by molar-refractivity contribution is -0.135. The zero-order valence-electron chi connectivity index (χ0n) is 20.6. The Kier molecular flexibility index (Phi) is 6.13. The number of rotatable bonds is 5. The van der Waals surface area contributed by atoms with Crippen LogP contribution in [0.2, 0.25) is 0 Å². The fourth-order valence-corrected chi connectivity index (χ4v) is 4.60. The molecule has 2 aliphatic rings. The van der Waals surface area contributed by atoms with Crippen molar-refractivity contribution in [2.75, 3.05) is 36.4 Å². The van der Waals surface area contributed by atoms with Gasteiger partial charge < -0.3 is 15.1 Å².